The molecule has 2 atom stereocenters. The van der Waals surface area contributed by atoms with E-state index >= 15 is 0 Å². The molecule has 2 aliphatic rings. The molecular formula is C19H24N10O5S3. The molecule has 0 aliphatic carbocycles. The molecule has 15 nitrogen and oxygen atoms in total. The van der Waals surface area contributed by atoms with Gasteiger partial charge in [-0.25, -0.2) is 14.5 Å². The lowest BCUT2D eigenvalue weighted by molar-refractivity contribution is -0.150. The number of carbonyl (C=O) groups is 3. The van der Waals surface area contributed by atoms with Crippen LogP contribution in [0, 0.1) is 6.92 Å². The van der Waals surface area contributed by atoms with E-state index in [1.54, 1.807) is 12.3 Å². The second kappa shape index (κ2) is 11.4. The molecule has 2 aromatic rings. The van der Waals surface area contributed by atoms with Gasteiger partial charge in [-0.05, 0) is 25.5 Å². The molecule has 2 aliphatic heterocycles. The molecule has 4 rings (SSSR count). The third-order valence-corrected chi connectivity index (χ3v) is 8.36. The number of aliphatic carboxylic acids is 1. The second-order valence-corrected chi connectivity index (χ2v) is 10.7. The van der Waals surface area contributed by atoms with Gasteiger partial charge >= 0.3 is 5.97 Å². The van der Waals surface area contributed by atoms with Crippen LogP contribution in [0.1, 0.15) is 17.9 Å². The van der Waals surface area contributed by atoms with Crippen molar-refractivity contribution in [1.29, 1.82) is 0 Å². The maximum atomic E-state index is 13.1. The summed E-state index contributed by atoms with van der Waals surface area (Å²) in [5.74, 6) is 4.47. The van der Waals surface area contributed by atoms with Crippen LogP contribution < -0.4 is 22.6 Å². The second-order valence-electron chi connectivity index (χ2n) is 7.79. The van der Waals surface area contributed by atoms with Crippen LogP contribution in [0.25, 0.3) is 0 Å². The number of β-lactam (4-membered cyclic amide) rings is 1. The Balaban J connectivity index is 1.48. The van der Waals surface area contributed by atoms with Crippen molar-refractivity contribution in [3.05, 3.63) is 28.2 Å². The number of nitrogens with zero attached hydrogens (tertiary/aromatic N) is 6. The smallest absolute Gasteiger partial charge is 0.352 e. The first kappa shape index (κ1) is 26.7. The first-order chi connectivity index (χ1) is 17.7. The predicted molar refractivity (Wildman–Crippen MR) is 138 cm³/mol. The highest BCUT2D eigenvalue weighted by molar-refractivity contribution is 8.01. The Morgan fingerprint density at radius 2 is 2.19 bits per heavy atom. The number of nitrogens with two attached hydrogens (primary N) is 3. The number of nitrogen functional groups attached to an aromatic ring is 2. The molecule has 0 radical (unpaired) electrons. The van der Waals surface area contributed by atoms with Crippen LogP contribution in [-0.2, 0) is 19.2 Å². The van der Waals surface area contributed by atoms with E-state index in [0.29, 0.717) is 35.3 Å². The van der Waals surface area contributed by atoms with Gasteiger partial charge in [-0.1, -0.05) is 16.9 Å². The van der Waals surface area contributed by atoms with Gasteiger partial charge in [0.1, 0.15) is 35.2 Å². The summed E-state index contributed by atoms with van der Waals surface area (Å²) in [7, 11) is 0. The average Bonchev–Trinajstić information content (AvgIpc) is 3.44. The number of aromatic nitrogens is 4. The van der Waals surface area contributed by atoms with Crippen molar-refractivity contribution >= 4 is 63.5 Å². The van der Waals surface area contributed by atoms with Crippen molar-refractivity contribution in [1.82, 2.24) is 30.1 Å². The van der Waals surface area contributed by atoms with Crippen LogP contribution in [0.3, 0.4) is 0 Å². The van der Waals surface area contributed by atoms with Crippen molar-refractivity contribution in [3.8, 4) is 0 Å². The van der Waals surface area contributed by atoms with E-state index in [2.05, 4.69) is 25.7 Å². The predicted octanol–water partition coefficient (Wildman–Crippen LogP) is -1.06. The summed E-state index contributed by atoms with van der Waals surface area (Å²) in [4.78, 5) is 48.6. The monoisotopic (exact) mass is 568 g/mol. The average molecular weight is 569 g/mol. The van der Waals surface area contributed by atoms with Crippen molar-refractivity contribution in [2.45, 2.75) is 29.9 Å². The number of amides is 2. The summed E-state index contributed by atoms with van der Waals surface area (Å²) in [5.41, 5.74) is 11.6. The zero-order chi connectivity index (χ0) is 26.7. The highest BCUT2D eigenvalue weighted by atomic mass is 32.2. The number of anilines is 1. The molecule has 1 fully saturated rings. The molecule has 0 spiro atoms. The molecule has 1 unspecified atom stereocenters. The van der Waals surface area contributed by atoms with Gasteiger partial charge < -0.3 is 32.6 Å². The maximum absolute atomic E-state index is 13.1. The van der Waals surface area contributed by atoms with Gasteiger partial charge in [-0.15, -0.1) is 33.3 Å². The normalized spacial score (nSPS) is 19.5. The van der Waals surface area contributed by atoms with E-state index in [1.165, 1.54) is 33.1 Å². The van der Waals surface area contributed by atoms with Gasteiger partial charge in [0.15, 0.2) is 10.8 Å². The summed E-state index contributed by atoms with van der Waals surface area (Å²) in [6, 6.07) is -0.957. The number of hydrogen-bond donors (Lipinski definition) is 5. The number of fused-ring (bicyclic) bond motifs is 1. The molecular weight excluding hydrogens is 544 g/mol. The number of nitrogens with one attached hydrogen (secondary N) is 1. The molecule has 1 saturated heterocycles. The minimum atomic E-state index is -1.24. The molecule has 0 aromatic carbocycles. The molecule has 0 saturated carbocycles. The number of oxime groups is 1. The molecule has 8 N–H and O–H groups in total. The van der Waals surface area contributed by atoms with E-state index < -0.39 is 29.2 Å². The van der Waals surface area contributed by atoms with Gasteiger partial charge in [0, 0.05) is 16.9 Å². The topological polar surface area (TPSA) is 230 Å². The summed E-state index contributed by atoms with van der Waals surface area (Å²) in [6.07, 6.45) is 0.528. The van der Waals surface area contributed by atoms with Crippen LogP contribution >= 0.6 is 34.9 Å². The third kappa shape index (κ3) is 5.50. The number of carboxylic acid groups (broad SMARTS) is 1. The van der Waals surface area contributed by atoms with Gasteiger partial charge in [-0.2, -0.15) is 0 Å². The van der Waals surface area contributed by atoms with Crippen molar-refractivity contribution in [2.75, 3.05) is 36.2 Å². The largest absolute Gasteiger partial charge is 0.477 e. The Kier molecular flexibility index (Phi) is 8.20. The number of aryl methyl sites for hydroxylation is 1. The quantitative estimate of drug-likeness (QED) is 0.0544. The number of hydrogen-bond acceptors (Lipinski definition) is 14. The lowest BCUT2D eigenvalue weighted by Gasteiger charge is -2.49. The minimum Gasteiger partial charge on any atom is -0.477 e. The lowest BCUT2D eigenvalue weighted by Crippen LogP contribution is -2.71. The van der Waals surface area contributed by atoms with Crippen molar-refractivity contribution < 1.29 is 24.3 Å². The van der Waals surface area contributed by atoms with Crippen LogP contribution in [-0.4, -0.2) is 89.4 Å². The van der Waals surface area contributed by atoms with E-state index in [9.17, 15) is 19.5 Å². The highest BCUT2D eigenvalue weighted by Gasteiger charge is 2.54. The van der Waals surface area contributed by atoms with E-state index in [4.69, 9.17) is 22.1 Å². The van der Waals surface area contributed by atoms with E-state index in [1.807, 2.05) is 0 Å². The van der Waals surface area contributed by atoms with Gasteiger partial charge in [0.05, 0.1) is 0 Å². The summed E-state index contributed by atoms with van der Waals surface area (Å²) in [6.45, 7) is 2.27. The Labute approximate surface area is 222 Å². The van der Waals surface area contributed by atoms with Crippen LogP contribution in [0.2, 0.25) is 0 Å². The Bertz CT molecular complexity index is 1270. The first-order valence-corrected chi connectivity index (χ1v) is 13.8. The zero-order valence-corrected chi connectivity index (χ0v) is 21.9. The summed E-state index contributed by atoms with van der Waals surface area (Å²) < 4.78 is 1.31. The maximum Gasteiger partial charge on any atom is 0.352 e. The third-order valence-electron chi connectivity index (χ3n) is 5.32. The Hall–Kier alpha value is -3.35. The summed E-state index contributed by atoms with van der Waals surface area (Å²) >= 11 is 3.68. The van der Waals surface area contributed by atoms with Gasteiger partial charge in [0.2, 0.25) is 5.16 Å². The molecule has 198 valence electrons. The highest BCUT2D eigenvalue weighted by Crippen LogP contribution is 2.41. The standard InChI is InChI=1S/C19H24N10O5S3/c1-8-25-26-19(29(8)22)37-6-9-5-35-16-12(15(31)28(16)13(9)17(32)33)24-14(30)11(27-34-4-2-3-20)10-7-36-18(21)23-10/h7,12,16H,2-6,20,22H2,1H3,(H2,21,23)(H,24,30)(H,32,33)/t12?,16-/m0/s1. The molecule has 2 aromatic heterocycles. The van der Waals surface area contributed by atoms with Crippen LogP contribution in [0.5, 0.6) is 0 Å². The van der Waals surface area contributed by atoms with E-state index in [0.717, 1.165) is 11.3 Å². The Morgan fingerprint density at radius 1 is 1.41 bits per heavy atom. The molecule has 0 bridgehead atoms. The fraction of sp³-hybridized carbons (Fsp3) is 0.421. The molecule has 4 heterocycles. The van der Waals surface area contributed by atoms with Gasteiger partial charge in [-0.3, -0.25) is 14.5 Å². The fourth-order valence-corrected chi connectivity index (χ4v) is 6.40. The first-order valence-electron chi connectivity index (χ1n) is 10.8. The van der Waals surface area contributed by atoms with Crippen LogP contribution in [0.15, 0.2) is 27.0 Å². The SMILES string of the molecule is Cc1nnc(SCC2=C(C(=O)O)N3C(=O)C(NC(=O)C(=NOCCCN)c4csc(N)n4)[C@@H]3SC2)n1N. The lowest BCUT2D eigenvalue weighted by atomic mass is 10.0. The van der Waals surface area contributed by atoms with Gasteiger partial charge in [0.25, 0.3) is 11.8 Å². The van der Waals surface area contributed by atoms with E-state index in [-0.39, 0.29) is 34.6 Å². The zero-order valence-electron chi connectivity index (χ0n) is 19.5. The van der Waals surface area contributed by atoms with Crippen molar-refractivity contribution in [2.24, 2.45) is 10.9 Å². The number of carbonyl (C=O) groups excluding carboxylic acids is 2. The summed E-state index contributed by atoms with van der Waals surface area (Å²) in [5, 5.41) is 25.8. The molecule has 2 amide bonds. The Morgan fingerprint density at radius 3 is 2.81 bits per heavy atom. The number of rotatable bonds is 11. The minimum absolute atomic E-state index is 0.113. The number of thioether (sulfide) groups is 2. The number of thiazole rings is 1. The molecule has 18 heteroatoms. The van der Waals surface area contributed by atoms with Crippen molar-refractivity contribution in [3.63, 3.8) is 0 Å². The fourth-order valence-electron chi connectivity index (χ4n) is 3.46. The molecule has 37 heavy (non-hydrogen) atoms. The van der Waals surface area contributed by atoms with Crippen LogP contribution in [0.4, 0.5) is 5.13 Å². The number of carboxylic acids is 1.